The predicted octanol–water partition coefficient (Wildman–Crippen LogP) is 2.37. The molecule has 1 amide bonds. The summed E-state index contributed by atoms with van der Waals surface area (Å²) in [5, 5.41) is 8.21. The maximum absolute atomic E-state index is 12.1. The van der Waals surface area contributed by atoms with E-state index in [1.165, 1.54) is 0 Å². The van der Waals surface area contributed by atoms with E-state index in [4.69, 9.17) is 0 Å². The van der Waals surface area contributed by atoms with E-state index in [1.807, 2.05) is 30.3 Å². The van der Waals surface area contributed by atoms with Crippen molar-refractivity contribution in [2.24, 2.45) is 4.99 Å². The molecule has 4 nitrogen and oxygen atoms in total. The molecular formula is C16H17N3O. The first-order chi connectivity index (χ1) is 9.79. The van der Waals surface area contributed by atoms with Crippen molar-refractivity contribution in [3.63, 3.8) is 0 Å². The third kappa shape index (κ3) is 2.25. The van der Waals surface area contributed by atoms with E-state index >= 15 is 0 Å². The molecule has 1 atom stereocenters. The Labute approximate surface area is 117 Å². The molecular weight excluding hydrogens is 250 g/mol. The second-order valence-corrected chi connectivity index (χ2v) is 4.87. The molecule has 1 saturated heterocycles. The summed E-state index contributed by atoms with van der Waals surface area (Å²) < 4.78 is 0. The van der Waals surface area contributed by atoms with Crippen LogP contribution >= 0.6 is 0 Å². The van der Waals surface area contributed by atoms with Gasteiger partial charge in [0.05, 0.1) is 0 Å². The highest BCUT2D eigenvalue weighted by Gasteiger charge is 2.30. The first-order valence-electron chi connectivity index (χ1n) is 6.89. The number of carbonyl (C=O) groups is 1. The molecule has 102 valence electrons. The number of carbonyl (C=O) groups excluding carboxylic acids is 1. The fourth-order valence-electron chi connectivity index (χ4n) is 2.46. The number of fused-ring (bicyclic) bond motifs is 1. The van der Waals surface area contributed by atoms with Crippen molar-refractivity contribution in [3.05, 3.63) is 48.0 Å². The Kier molecular flexibility index (Phi) is 3.37. The van der Waals surface area contributed by atoms with Crippen molar-refractivity contribution in [3.8, 4) is 0 Å². The van der Waals surface area contributed by atoms with Crippen molar-refractivity contribution in [2.45, 2.75) is 19.4 Å². The number of amides is 1. The number of nitrogens with zero attached hydrogens (tertiary/aromatic N) is 1. The Bertz CT molecular complexity index is 673. The fourth-order valence-corrected chi connectivity index (χ4v) is 2.46. The summed E-state index contributed by atoms with van der Waals surface area (Å²) in [4.78, 5) is 16.5. The third-order valence-corrected chi connectivity index (χ3v) is 3.41. The molecule has 1 aliphatic heterocycles. The van der Waals surface area contributed by atoms with Crippen LogP contribution in [0.4, 0.5) is 0 Å². The molecule has 0 aromatic heterocycles. The van der Waals surface area contributed by atoms with E-state index in [0.29, 0.717) is 12.5 Å². The number of benzene rings is 2. The third-order valence-electron chi connectivity index (χ3n) is 3.41. The first-order valence-corrected chi connectivity index (χ1v) is 6.89. The highest BCUT2D eigenvalue weighted by atomic mass is 16.2. The van der Waals surface area contributed by atoms with Crippen LogP contribution in [0, 0.1) is 0 Å². The first kappa shape index (κ1) is 12.7. The van der Waals surface area contributed by atoms with Crippen LogP contribution < -0.4 is 10.6 Å². The number of nitrogens with one attached hydrogen (secondary N) is 2. The summed E-state index contributed by atoms with van der Waals surface area (Å²) in [6, 6.07) is 13.7. The van der Waals surface area contributed by atoms with Gasteiger partial charge in [0.2, 0.25) is 0 Å². The lowest BCUT2D eigenvalue weighted by Gasteiger charge is -2.11. The molecule has 1 fully saturated rings. The van der Waals surface area contributed by atoms with Gasteiger partial charge in [0.25, 0.3) is 5.91 Å². The van der Waals surface area contributed by atoms with Crippen LogP contribution in [-0.2, 0) is 4.79 Å². The topological polar surface area (TPSA) is 53.5 Å². The predicted molar refractivity (Wildman–Crippen MR) is 80.6 cm³/mol. The molecule has 1 heterocycles. The average Bonchev–Trinajstić information content (AvgIpc) is 2.85. The van der Waals surface area contributed by atoms with Gasteiger partial charge in [-0.3, -0.25) is 15.1 Å². The molecule has 0 aliphatic carbocycles. The molecule has 20 heavy (non-hydrogen) atoms. The van der Waals surface area contributed by atoms with Crippen molar-refractivity contribution in [1.82, 2.24) is 10.6 Å². The van der Waals surface area contributed by atoms with E-state index in [0.717, 1.165) is 22.8 Å². The van der Waals surface area contributed by atoms with Crippen LogP contribution in [-0.4, -0.2) is 18.4 Å². The molecule has 0 radical (unpaired) electrons. The minimum Gasteiger partial charge on any atom is -0.340 e. The second-order valence-electron chi connectivity index (χ2n) is 4.87. The number of hydrogen-bond donors (Lipinski definition) is 2. The van der Waals surface area contributed by atoms with Crippen LogP contribution in [0.2, 0.25) is 0 Å². The van der Waals surface area contributed by atoms with E-state index in [2.05, 4.69) is 34.7 Å². The summed E-state index contributed by atoms with van der Waals surface area (Å²) in [5.74, 6) is 0.533. The normalized spacial score (nSPS) is 20.1. The zero-order valence-corrected chi connectivity index (χ0v) is 11.4. The van der Waals surface area contributed by atoms with Crippen molar-refractivity contribution in [2.75, 3.05) is 6.54 Å². The van der Waals surface area contributed by atoms with Gasteiger partial charge in [0, 0.05) is 6.54 Å². The van der Waals surface area contributed by atoms with Crippen LogP contribution in [0.1, 0.15) is 24.9 Å². The summed E-state index contributed by atoms with van der Waals surface area (Å²) in [6.07, 6.45) is 0.958. The molecule has 2 aromatic rings. The van der Waals surface area contributed by atoms with E-state index < -0.39 is 0 Å². The Morgan fingerprint density at radius 3 is 2.80 bits per heavy atom. The molecule has 0 bridgehead atoms. The zero-order chi connectivity index (χ0) is 13.9. The number of rotatable bonds is 3. The van der Waals surface area contributed by atoms with Gasteiger partial charge in [-0.05, 0) is 22.8 Å². The minimum absolute atomic E-state index is 0.0452. The number of guanidine groups is 1. The van der Waals surface area contributed by atoms with E-state index in [1.54, 1.807) is 0 Å². The van der Waals surface area contributed by atoms with Gasteiger partial charge in [0.15, 0.2) is 5.96 Å². The molecule has 0 saturated carbocycles. The van der Waals surface area contributed by atoms with Crippen LogP contribution in [0.5, 0.6) is 0 Å². The quantitative estimate of drug-likeness (QED) is 0.897. The zero-order valence-electron chi connectivity index (χ0n) is 11.4. The summed E-state index contributed by atoms with van der Waals surface area (Å²) in [6.45, 7) is 2.77. The lowest BCUT2D eigenvalue weighted by molar-refractivity contribution is -0.120. The van der Waals surface area contributed by atoms with Crippen molar-refractivity contribution < 1.29 is 4.79 Å². The van der Waals surface area contributed by atoms with Crippen LogP contribution in [0.15, 0.2) is 47.5 Å². The molecule has 0 spiro atoms. The average molecular weight is 267 g/mol. The summed E-state index contributed by atoms with van der Waals surface area (Å²) >= 11 is 0. The van der Waals surface area contributed by atoms with E-state index in [9.17, 15) is 4.79 Å². The van der Waals surface area contributed by atoms with Gasteiger partial charge < -0.3 is 5.32 Å². The minimum atomic E-state index is -0.364. The SMILES string of the molecule is CCCN=C1NC(=O)C(c2cccc3ccccc23)N1. The summed E-state index contributed by atoms with van der Waals surface area (Å²) in [7, 11) is 0. The fraction of sp³-hybridized carbons (Fsp3) is 0.250. The highest BCUT2D eigenvalue weighted by molar-refractivity contribution is 6.08. The highest BCUT2D eigenvalue weighted by Crippen LogP contribution is 2.25. The maximum atomic E-state index is 12.1. The van der Waals surface area contributed by atoms with Crippen molar-refractivity contribution in [1.29, 1.82) is 0 Å². The van der Waals surface area contributed by atoms with Gasteiger partial charge in [-0.1, -0.05) is 49.4 Å². The Morgan fingerprint density at radius 2 is 1.95 bits per heavy atom. The van der Waals surface area contributed by atoms with Gasteiger partial charge in [-0.25, -0.2) is 0 Å². The Morgan fingerprint density at radius 1 is 1.15 bits per heavy atom. The number of aliphatic imine (C=N–C) groups is 1. The largest absolute Gasteiger partial charge is 0.340 e. The maximum Gasteiger partial charge on any atom is 0.253 e. The second kappa shape index (κ2) is 5.33. The molecule has 3 rings (SSSR count). The summed E-state index contributed by atoms with van der Waals surface area (Å²) in [5.41, 5.74) is 0.988. The number of hydrogen-bond acceptors (Lipinski definition) is 2. The standard InChI is InChI=1S/C16H17N3O/c1-2-10-17-16-18-14(15(20)19-16)13-9-5-7-11-6-3-4-8-12(11)13/h3-9,14H,2,10H2,1H3,(H2,17,18,19,20). The van der Waals surface area contributed by atoms with Gasteiger partial charge in [0.1, 0.15) is 6.04 Å². The molecule has 4 heteroatoms. The molecule has 1 aliphatic rings. The van der Waals surface area contributed by atoms with Crippen LogP contribution in [0.3, 0.4) is 0 Å². The van der Waals surface area contributed by atoms with Gasteiger partial charge in [-0.15, -0.1) is 0 Å². The van der Waals surface area contributed by atoms with Gasteiger partial charge >= 0.3 is 0 Å². The van der Waals surface area contributed by atoms with Gasteiger partial charge in [-0.2, -0.15) is 0 Å². The lowest BCUT2D eigenvalue weighted by atomic mass is 9.99. The smallest absolute Gasteiger partial charge is 0.253 e. The Balaban J connectivity index is 1.98. The van der Waals surface area contributed by atoms with E-state index in [-0.39, 0.29) is 11.9 Å². The molecule has 1 unspecified atom stereocenters. The van der Waals surface area contributed by atoms with Crippen LogP contribution in [0.25, 0.3) is 10.8 Å². The van der Waals surface area contributed by atoms with Crippen molar-refractivity contribution >= 4 is 22.6 Å². The Hall–Kier alpha value is -2.36. The lowest BCUT2D eigenvalue weighted by Crippen LogP contribution is -2.25. The molecule has 2 aromatic carbocycles. The molecule has 2 N–H and O–H groups in total. The monoisotopic (exact) mass is 267 g/mol.